The number of amides is 1. The first-order chi connectivity index (χ1) is 9.25. The van der Waals surface area contributed by atoms with Gasteiger partial charge in [0.1, 0.15) is 0 Å². The molecule has 3 nitrogen and oxygen atoms in total. The highest BCUT2D eigenvalue weighted by Gasteiger charge is 2.19. The van der Waals surface area contributed by atoms with Gasteiger partial charge in [0.05, 0.1) is 6.54 Å². The lowest BCUT2D eigenvalue weighted by Gasteiger charge is -2.23. The average Bonchev–Trinajstić information content (AvgIpc) is 2.79. The van der Waals surface area contributed by atoms with Crippen molar-refractivity contribution < 1.29 is 4.79 Å². The highest BCUT2D eigenvalue weighted by Crippen LogP contribution is 2.22. The van der Waals surface area contributed by atoms with Crippen LogP contribution in [0.4, 0.5) is 0 Å². The summed E-state index contributed by atoms with van der Waals surface area (Å²) in [6, 6.07) is 0.570. The molecule has 0 bridgehead atoms. The van der Waals surface area contributed by atoms with E-state index in [-0.39, 0.29) is 0 Å². The fourth-order valence-corrected chi connectivity index (χ4v) is 3.35. The van der Waals surface area contributed by atoms with Crippen molar-refractivity contribution in [3.8, 4) is 0 Å². The lowest BCUT2D eigenvalue weighted by atomic mass is 10.0. The minimum absolute atomic E-state index is 0.319. The third-order valence-electron chi connectivity index (χ3n) is 4.76. The second-order valence-electron chi connectivity index (χ2n) is 6.49. The number of carbonyl (C=O) groups is 1. The van der Waals surface area contributed by atoms with E-state index in [4.69, 9.17) is 0 Å². The summed E-state index contributed by atoms with van der Waals surface area (Å²) in [5.74, 6) is 1.19. The summed E-state index contributed by atoms with van der Waals surface area (Å²) < 4.78 is 0. The van der Waals surface area contributed by atoms with Gasteiger partial charge in [0.2, 0.25) is 5.91 Å². The molecule has 2 atom stereocenters. The number of nitrogens with one attached hydrogen (secondary N) is 1. The van der Waals surface area contributed by atoms with Gasteiger partial charge < -0.3 is 10.2 Å². The first kappa shape index (κ1) is 14.8. The monoisotopic (exact) mass is 266 g/mol. The Kier molecular flexibility index (Phi) is 6.15. The molecule has 1 aliphatic heterocycles. The second kappa shape index (κ2) is 7.88. The SMILES string of the molecule is CC1CCCC(NCC(=O)N2CCCCCC2)CC1. The summed E-state index contributed by atoms with van der Waals surface area (Å²) in [5, 5.41) is 3.51. The van der Waals surface area contributed by atoms with E-state index in [1.54, 1.807) is 0 Å². The molecule has 2 aliphatic rings. The maximum absolute atomic E-state index is 12.2. The van der Waals surface area contributed by atoms with Gasteiger partial charge in [-0.25, -0.2) is 0 Å². The van der Waals surface area contributed by atoms with Crippen molar-refractivity contribution in [3.05, 3.63) is 0 Å². The molecule has 19 heavy (non-hydrogen) atoms. The zero-order valence-corrected chi connectivity index (χ0v) is 12.5. The molecule has 2 unspecified atom stereocenters. The van der Waals surface area contributed by atoms with Crippen LogP contribution in [0.1, 0.15) is 64.7 Å². The van der Waals surface area contributed by atoms with Gasteiger partial charge in [-0.1, -0.05) is 32.6 Å². The third kappa shape index (κ3) is 5.13. The first-order valence-corrected chi connectivity index (χ1v) is 8.27. The minimum atomic E-state index is 0.319. The van der Waals surface area contributed by atoms with Gasteiger partial charge in [0.25, 0.3) is 0 Å². The van der Waals surface area contributed by atoms with E-state index in [0.29, 0.717) is 18.5 Å². The lowest BCUT2D eigenvalue weighted by Crippen LogP contribution is -2.42. The predicted molar refractivity (Wildman–Crippen MR) is 79.1 cm³/mol. The zero-order chi connectivity index (χ0) is 13.5. The molecule has 0 aromatic rings. The lowest BCUT2D eigenvalue weighted by molar-refractivity contribution is -0.130. The molecule has 1 aliphatic carbocycles. The Morgan fingerprint density at radius 3 is 2.47 bits per heavy atom. The zero-order valence-electron chi connectivity index (χ0n) is 12.5. The van der Waals surface area contributed by atoms with Crippen molar-refractivity contribution in [2.75, 3.05) is 19.6 Å². The average molecular weight is 266 g/mol. The van der Waals surface area contributed by atoms with E-state index in [9.17, 15) is 4.79 Å². The molecule has 3 heteroatoms. The van der Waals surface area contributed by atoms with Gasteiger partial charge in [-0.2, -0.15) is 0 Å². The summed E-state index contributed by atoms with van der Waals surface area (Å²) in [6.07, 6.45) is 11.4. The number of hydrogen-bond acceptors (Lipinski definition) is 2. The number of rotatable bonds is 3. The van der Waals surface area contributed by atoms with E-state index in [0.717, 1.165) is 19.0 Å². The highest BCUT2D eigenvalue weighted by atomic mass is 16.2. The van der Waals surface area contributed by atoms with E-state index < -0.39 is 0 Å². The normalized spacial score (nSPS) is 29.6. The van der Waals surface area contributed by atoms with Crippen LogP contribution < -0.4 is 5.32 Å². The van der Waals surface area contributed by atoms with Crippen molar-refractivity contribution >= 4 is 5.91 Å². The molecule has 0 aromatic carbocycles. The highest BCUT2D eigenvalue weighted by molar-refractivity contribution is 5.78. The van der Waals surface area contributed by atoms with Gasteiger partial charge in [-0.15, -0.1) is 0 Å². The smallest absolute Gasteiger partial charge is 0.236 e. The van der Waals surface area contributed by atoms with Gasteiger partial charge >= 0.3 is 0 Å². The van der Waals surface area contributed by atoms with Crippen LogP contribution in [0.3, 0.4) is 0 Å². The van der Waals surface area contributed by atoms with E-state index in [2.05, 4.69) is 17.1 Å². The van der Waals surface area contributed by atoms with Crippen LogP contribution in [0.25, 0.3) is 0 Å². The number of likely N-dealkylation sites (tertiary alicyclic amines) is 1. The Hall–Kier alpha value is -0.570. The summed E-state index contributed by atoms with van der Waals surface area (Å²) in [4.78, 5) is 14.3. The maximum atomic E-state index is 12.2. The second-order valence-corrected chi connectivity index (χ2v) is 6.49. The molecule has 1 saturated heterocycles. The Morgan fingerprint density at radius 2 is 1.74 bits per heavy atom. The van der Waals surface area contributed by atoms with Gasteiger partial charge in [0, 0.05) is 19.1 Å². The topological polar surface area (TPSA) is 32.3 Å². The fraction of sp³-hybridized carbons (Fsp3) is 0.938. The Morgan fingerprint density at radius 1 is 1.00 bits per heavy atom. The number of carbonyl (C=O) groups excluding carboxylic acids is 1. The van der Waals surface area contributed by atoms with Crippen LogP contribution in [0.2, 0.25) is 0 Å². The van der Waals surface area contributed by atoms with Crippen LogP contribution in [0.5, 0.6) is 0 Å². The van der Waals surface area contributed by atoms with Gasteiger partial charge in [-0.3, -0.25) is 4.79 Å². The van der Waals surface area contributed by atoms with Crippen molar-refractivity contribution in [1.29, 1.82) is 0 Å². The first-order valence-electron chi connectivity index (χ1n) is 8.27. The van der Waals surface area contributed by atoms with Crippen molar-refractivity contribution in [3.63, 3.8) is 0 Å². The largest absolute Gasteiger partial charge is 0.342 e. The van der Waals surface area contributed by atoms with Crippen LogP contribution in [-0.2, 0) is 4.79 Å². The van der Waals surface area contributed by atoms with Gasteiger partial charge in [-0.05, 0) is 38.0 Å². The molecule has 1 heterocycles. The maximum Gasteiger partial charge on any atom is 0.236 e. The van der Waals surface area contributed by atoms with Gasteiger partial charge in [0.15, 0.2) is 0 Å². The summed E-state index contributed by atoms with van der Waals surface area (Å²) in [7, 11) is 0. The fourth-order valence-electron chi connectivity index (χ4n) is 3.35. The number of nitrogens with zero attached hydrogens (tertiary/aromatic N) is 1. The molecule has 2 rings (SSSR count). The van der Waals surface area contributed by atoms with Crippen LogP contribution in [0, 0.1) is 5.92 Å². The molecule has 0 aromatic heterocycles. The number of hydrogen-bond donors (Lipinski definition) is 1. The van der Waals surface area contributed by atoms with Crippen LogP contribution >= 0.6 is 0 Å². The molecule has 2 fully saturated rings. The molecule has 1 N–H and O–H groups in total. The Labute approximate surface area is 118 Å². The molecule has 0 spiro atoms. The summed E-state index contributed by atoms with van der Waals surface area (Å²) in [6.45, 7) is 4.86. The van der Waals surface area contributed by atoms with Crippen molar-refractivity contribution in [1.82, 2.24) is 10.2 Å². The molecule has 0 radical (unpaired) electrons. The standard InChI is InChI=1S/C16H30N2O/c1-14-7-6-8-15(10-9-14)17-13-16(19)18-11-4-2-3-5-12-18/h14-15,17H,2-13H2,1H3. The molecule has 110 valence electrons. The van der Waals surface area contributed by atoms with Crippen molar-refractivity contribution in [2.24, 2.45) is 5.92 Å². The van der Waals surface area contributed by atoms with Crippen LogP contribution in [0.15, 0.2) is 0 Å². The quantitative estimate of drug-likeness (QED) is 0.797. The molecule has 1 amide bonds. The van der Waals surface area contributed by atoms with E-state index in [1.807, 2.05) is 0 Å². The molecular weight excluding hydrogens is 236 g/mol. The summed E-state index contributed by atoms with van der Waals surface area (Å²) in [5.41, 5.74) is 0. The third-order valence-corrected chi connectivity index (χ3v) is 4.76. The predicted octanol–water partition coefficient (Wildman–Crippen LogP) is 2.95. The molecule has 1 saturated carbocycles. The van der Waals surface area contributed by atoms with E-state index in [1.165, 1.54) is 57.8 Å². The molecular formula is C16H30N2O. The van der Waals surface area contributed by atoms with Crippen LogP contribution in [-0.4, -0.2) is 36.5 Å². The van der Waals surface area contributed by atoms with Crippen molar-refractivity contribution in [2.45, 2.75) is 70.8 Å². The summed E-state index contributed by atoms with van der Waals surface area (Å²) >= 11 is 0. The minimum Gasteiger partial charge on any atom is -0.342 e. The Balaban J connectivity index is 1.70. The Bertz CT molecular complexity index is 272. The van der Waals surface area contributed by atoms with E-state index >= 15 is 0 Å².